The van der Waals surface area contributed by atoms with Crippen molar-refractivity contribution in [2.24, 2.45) is 5.73 Å². The van der Waals surface area contributed by atoms with E-state index in [0.29, 0.717) is 0 Å². The first-order valence-corrected chi connectivity index (χ1v) is 3.88. The van der Waals surface area contributed by atoms with Gasteiger partial charge in [-0.05, 0) is 11.6 Å². The van der Waals surface area contributed by atoms with Gasteiger partial charge in [0.25, 0.3) is 6.43 Å². The molecule has 4 nitrogen and oxygen atoms in total. The van der Waals surface area contributed by atoms with E-state index in [2.05, 4.69) is 4.98 Å². The Morgan fingerprint density at radius 2 is 2.20 bits per heavy atom. The van der Waals surface area contributed by atoms with Crippen molar-refractivity contribution in [1.82, 2.24) is 4.98 Å². The number of nitrogens with two attached hydrogens (primary N) is 1. The summed E-state index contributed by atoms with van der Waals surface area (Å²) in [6.45, 7) is -0.376. The highest BCUT2D eigenvalue weighted by Gasteiger charge is 2.21. The van der Waals surface area contributed by atoms with E-state index in [-0.39, 0.29) is 12.1 Å². The molecule has 1 rings (SSSR count). The van der Waals surface area contributed by atoms with Crippen LogP contribution in [0, 0.1) is 5.95 Å². The van der Waals surface area contributed by atoms with Crippen molar-refractivity contribution in [1.29, 1.82) is 0 Å². The van der Waals surface area contributed by atoms with Crippen LogP contribution in [0.1, 0.15) is 28.0 Å². The number of rotatable bonds is 3. The van der Waals surface area contributed by atoms with E-state index < -0.39 is 29.6 Å². The molecule has 0 aliphatic rings. The van der Waals surface area contributed by atoms with Crippen molar-refractivity contribution in [3.8, 4) is 0 Å². The average molecular weight is 220 g/mol. The Morgan fingerprint density at radius 1 is 1.60 bits per heavy atom. The normalized spacial score (nSPS) is 10.7. The molecule has 0 atom stereocenters. The fourth-order valence-electron chi connectivity index (χ4n) is 1.08. The van der Waals surface area contributed by atoms with Crippen LogP contribution in [0.25, 0.3) is 0 Å². The van der Waals surface area contributed by atoms with E-state index in [1.165, 1.54) is 0 Å². The second-order valence-corrected chi connectivity index (χ2v) is 2.68. The third-order valence-electron chi connectivity index (χ3n) is 1.76. The van der Waals surface area contributed by atoms with Crippen LogP contribution in [-0.4, -0.2) is 16.1 Å². The molecule has 0 spiro atoms. The lowest BCUT2D eigenvalue weighted by atomic mass is 10.1. The molecule has 0 amide bonds. The van der Waals surface area contributed by atoms with Gasteiger partial charge in [0.15, 0.2) is 5.69 Å². The third-order valence-corrected chi connectivity index (χ3v) is 1.76. The lowest BCUT2D eigenvalue weighted by molar-refractivity contribution is 0.0687. The van der Waals surface area contributed by atoms with Crippen LogP contribution in [0.3, 0.4) is 0 Å². The Balaban J connectivity index is 3.37. The number of halogens is 3. The van der Waals surface area contributed by atoms with Gasteiger partial charge in [0.1, 0.15) is 0 Å². The van der Waals surface area contributed by atoms with Crippen LogP contribution in [-0.2, 0) is 6.54 Å². The third kappa shape index (κ3) is 2.24. The summed E-state index contributed by atoms with van der Waals surface area (Å²) in [5.74, 6) is -2.99. The highest BCUT2D eigenvalue weighted by atomic mass is 19.3. The van der Waals surface area contributed by atoms with Gasteiger partial charge >= 0.3 is 5.97 Å². The molecule has 0 saturated heterocycles. The molecular formula is C8H7F3N2O2. The minimum absolute atomic E-state index is 0.255. The molecule has 82 valence electrons. The average Bonchev–Trinajstić information content (AvgIpc) is 2.15. The number of nitrogens with zero attached hydrogens (tertiary/aromatic N) is 1. The topological polar surface area (TPSA) is 76.2 Å². The van der Waals surface area contributed by atoms with Crippen LogP contribution in [0.15, 0.2) is 6.07 Å². The Labute approximate surface area is 82.5 Å². The summed E-state index contributed by atoms with van der Waals surface area (Å²) >= 11 is 0. The van der Waals surface area contributed by atoms with Gasteiger partial charge in [-0.1, -0.05) is 0 Å². The van der Waals surface area contributed by atoms with E-state index in [0.717, 1.165) is 6.07 Å². The monoisotopic (exact) mass is 220 g/mol. The molecule has 0 bridgehead atoms. The molecule has 0 radical (unpaired) electrons. The molecule has 0 aliphatic carbocycles. The smallest absolute Gasteiger partial charge is 0.354 e. The number of carbonyl (C=O) groups is 1. The van der Waals surface area contributed by atoms with Crippen molar-refractivity contribution in [2.75, 3.05) is 0 Å². The summed E-state index contributed by atoms with van der Waals surface area (Å²) in [7, 11) is 0. The zero-order valence-electron chi connectivity index (χ0n) is 7.38. The summed E-state index contributed by atoms with van der Waals surface area (Å²) in [4.78, 5) is 13.3. The summed E-state index contributed by atoms with van der Waals surface area (Å²) < 4.78 is 37.6. The Kier molecular flexibility index (Phi) is 3.25. The van der Waals surface area contributed by atoms with Crippen molar-refractivity contribution >= 4 is 5.97 Å². The van der Waals surface area contributed by atoms with E-state index in [4.69, 9.17) is 10.8 Å². The summed E-state index contributed by atoms with van der Waals surface area (Å²) in [5.41, 5.74) is 3.27. The van der Waals surface area contributed by atoms with Gasteiger partial charge in [0, 0.05) is 6.54 Å². The van der Waals surface area contributed by atoms with Gasteiger partial charge in [0.05, 0.1) is 5.56 Å². The molecule has 1 aromatic heterocycles. The lowest BCUT2D eigenvalue weighted by Gasteiger charge is -2.08. The van der Waals surface area contributed by atoms with Gasteiger partial charge in [-0.3, -0.25) is 0 Å². The van der Waals surface area contributed by atoms with Crippen LogP contribution in [0.4, 0.5) is 13.2 Å². The van der Waals surface area contributed by atoms with Crippen molar-refractivity contribution < 1.29 is 23.1 Å². The van der Waals surface area contributed by atoms with Gasteiger partial charge in [-0.15, -0.1) is 0 Å². The number of aromatic carboxylic acids is 1. The zero-order valence-corrected chi connectivity index (χ0v) is 7.38. The van der Waals surface area contributed by atoms with Gasteiger partial charge in [-0.2, -0.15) is 4.39 Å². The van der Waals surface area contributed by atoms with Crippen LogP contribution in [0.2, 0.25) is 0 Å². The summed E-state index contributed by atoms with van der Waals surface area (Å²) in [5, 5.41) is 8.50. The number of carboxylic acid groups (broad SMARTS) is 1. The molecule has 0 fully saturated rings. The van der Waals surface area contributed by atoms with E-state index in [1.54, 1.807) is 0 Å². The summed E-state index contributed by atoms with van der Waals surface area (Å²) in [6.07, 6.45) is -3.07. The molecule has 3 N–H and O–H groups in total. The number of pyridine rings is 1. The maximum absolute atomic E-state index is 13.0. The Hall–Kier alpha value is -1.63. The maximum atomic E-state index is 13.0. The fourth-order valence-corrected chi connectivity index (χ4v) is 1.08. The first-order chi connectivity index (χ1) is 6.97. The second kappa shape index (κ2) is 4.26. The molecule has 7 heteroatoms. The predicted octanol–water partition coefficient (Wildman–Crippen LogP) is 1.32. The quantitative estimate of drug-likeness (QED) is 0.753. The maximum Gasteiger partial charge on any atom is 0.354 e. The van der Waals surface area contributed by atoms with Crippen LogP contribution >= 0.6 is 0 Å². The van der Waals surface area contributed by atoms with Crippen LogP contribution in [0.5, 0.6) is 0 Å². The highest BCUT2D eigenvalue weighted by Crippen LogP contribution is 2.25. The van der Waals surface area contributed by atoms with Gasteiger partial charge < -0.3 is 10.8 Å². The number of alkyl halides is 2. The Bertz CT molecular complexity index is 396. The number of hydrogen-bond donors (Lipinski definition) is 2. The van der Waals surface area contributed by atoms with E-state index >= 15 is 0 Å². The van der Waals surface area contributed by atoms with E-state index in [9.17, 15) is 18.0 Å². The highest BCUT2D eigenvalue weighted by molar-refractivity contribution is 5.85. The minimum atomic E-state index is -3.07. The SMILES string of the molecule is NCc1cc(C(=O)O)nc(F)c1C(F)F. The Morgan fingerprint density at radius 3 is 2.60 bits per heavy atom. The molecular weight excluding hydrogens is 213 g/mol. The first-order valence-electron chi connectivity index (χ1n) is 3.88. The largest absolute Gasteiger partial charge is 0.477 e. The second-order valence-electron chi connectivity index (χ2n) is 2.68. The predicted molar refractivity (Wildman–Crippen MR) is 44.0 cm³/mol. The van der Waals surface area contributed by atoms with Crippen molar-refractivity contribution in [3.63, 3.8) is 0 Å². The fraction of sp³-hybridized carbons (Fsp3) is 0.250. The number of carboxylic acids is 1. The van der Waals surface area contributed by atoms with E-state index in [1.807, 2.05) is 0 Å². The number of hydrogen-bond acceptors (Lipinski definition) is 3. The lowest BCUT2D eigenvalue weighted by Crippen LogP contribution is -2.11. The molecule has 1 aromatic rings. The zero-order chi connectivity index (χ0) is 11.6. The molecule has 1 heterocycles. The standard InChI is InChI=1S/C8H7F3N2O2/c9-6(10)5-3(2-12)1-4(8(14)15)13-7(5)11/h1,6H,2,12H2,(H,14,15). The molecule has 0 unspecified atom stereocenters. The van der Waals surface area contributed by atoms with Gasteiger partial charge in [-0.25, -0.2) is 18.6 Å². The summed E-state index contributed by atoms with van der Waals surface area (Å²) in [6, 6.07) is 0.840. The number of aromatic nitrogens is 1. The first kappa shape index (κ1) is 11.4. The van der Waals surface area contributed by atoms with Crippen molar-refractivity contribution in [3.05, 3.63) is 28.8 Å². The molecule has 15 heavy (non-hydrogen) atoms. The van der Waals surface area contributed by atoms with Gasteiger partial charge in [0.2, 0.25) is 5.95 Å². The minimum Gasteiger partial charge on any atom is -0.477 e. The molecule has 0 aromatic carbocycles. The van der Waals surface area contributed by atoms with Crippen LogP contribution < -0.4 is 5.73 Å². The molecule has 0 saturated carbocycles. The van der Waals surface area contributed by atoms with Crippen molar-refractivity contribution in [2.45, 2.75) is 13.0 Å². The molecule has 0 aliphatic heterocycles.